The number of hydrogen-bond acceptors (Lipinski definition) is 4. The van der Waals surface area contributed by atoms with E-state index in [0.717, 1.165) is 22.7 Å². The third kappa shape index (κ3) is 4.95. The molecular weight excluding hydrogens is 356 g/mol. The topological polar surface area (TPSA) is 42.4 Å². The van der Waals surface area contributed by atoms with Crippen LogP contribution in [0.2, 0.25) is 0 Å². The maximum atomic E-state index is 12.6. The molecule has 5 heteroatoms. The molecule has 2 aromatic carbocycles. The highest BCUT2D eigenvalue weighted by molar-refractivity contribution is 7.13. The summed E-state index contributed by atoms with van der Waals surface area (Å²) >= 11 is 1.51. The Bertz CT molecular complexity index is 906. The molecule has 1 amide bonds. The van der Waals surface area contributed by atoms with Crippen LogP contribution in [0, 0.1) is 13.8 Å². The van der Waals surface area contributed by atoms with Crippen molar-refractivity contribution < 1.29 is 9.53 Å². The smallest absolute Gasteiger partial charge is 0.273 e. The molecule has 4 nitrogen and oxygen atoms in total. The molecular formula is C22H24N2O2S. The first kappa shape index (κ1) is 19.1. The van der Waals surface area contributed by atoms with E-state index >= 15 is 0 Å². The lowest BCUT2D eigenvalue weighted by Gasteiger charge is -2.16. The van der Waals surface area contributed by atoms with Crippen molar-refractivity contribution in [2.24, 2.45) is 0 Å². The van der Waals surface area contributed by atoms with Crippen LogP contribution in [0.4, 0.5) is 0 Å². The van der Waals surface area contributed by atoms with Crippen LogP contribution in [0.3, 0.4) is 0 Å². The summed E-state index contributed by atoms with van der Waals surface area (Å²) in [6.45, 7) is 5.35. The molecule has 27 heavy (non-hydrogen) atoms. The maximum absolute atomic E-state index is 12.6. The standard InChI is InChI=1S/C22H24N2O2S/c1-16-10-11-19(17(2)14-16)21-23-20(15-27-21)22(25)24(3)12-7-13-26-18-8-5-4-6-9-18/h4-6,8-11,14-15H,7,12-13H2,1-3H3. The van der Waals surface area contributed by atoms with Gasteiger partial charge in [0.2, 0.25) is 0 Å². The van der Waals surface area contributed by atoms with Gasteiger partial charge in [-0.15, -0.1) is 11.3 Å². The third-order valence-corrected chi connectivity index (χ3v) is 5.21. The predicted octanol–water partition coefficient (Wildman–Crippen LogP) is 4.97. The van der Waals surface area contributed by atoms with Crippen LogP contribution in [0.15, 0.2) is 53.9 Å². The fraction of sp³-hybridized carbons (Fsp3) is 0.273. The number of rotatable bonds is 7. The Kier molecular flexibility index (Phi) is 6.24. The van der Waals surface area contributed by atoms with Gasteiger partial charge in [0.05, 0.1) is 6.61 Å². The fourth-order valence-electron chi connectivity index (χ4n) is 2.85. The van der Waals surface area contributed by atoms with E-state index in [4.69, 9.17) is 4.74 Å². The first-order chi connectivity index (χ1) is 13.0. The van der Waals surface area contributed by atoms with E-state index in [9.17, 15) is 4.79 Å². The van der Waals surface area contributed by atoms with Crippen molar-refractivity contribution in [3.8, 4) is 16.3 Å². The van der Waals surface area contributed by atoms with Gasteiger partial charge in [-0.2, -0.15) is 0 Å². The lowest BCUT2D eigenvalue weighted by atomic mass is 10.1. The van der Waals surface area contributed by atoms with E-state index in [1.165, 1.54) is 22.5 Å². The molecule has 0 aliphatic rings. The summed E-state index contributed by atoms with van der Waals surface area (Å²) in [5, 5.41) is 2.73. The molecule has 0 aliphatic carbocycles. The summed E-state index contributed by atoms with van der Waals surface area (Å²) in [4.78, 5) is 18.9. The molecule has 0 N–H and O–H groups in total. The van der Waals surface area contributed by atoms with Gasteiger partial charge in [0, 0.05) is 24.5 Å². The number of aryl methyl sites for hydroxylation is 2. The average Bonchev–Trinajstić information content (AvgIpc) is 3.15. The summed E-state index contributed by atoms with van der Waals surface area (Å²) in [5.41, 5.74) is 3.99. The zero-order valence-electron chi connectivity index (χ0n) is 15.9. The Morgan fingerprint density at radius 3 is 2.67 bits per heavy atom. The summed E-state index contributed by atoms with van der Waals surface area (Å²) in [5.74, 6) is 0.797. The number of nitrogens with zero attached hydrogens (tertiary/aromatic N) is 2. The van der Waals surface area contributed by atoms with Crippen molar-refractivity contribution >= 4 is 17.2 Å². The Morgan fingerprint density at radius 2 is 1.93 bits per heavy atom. The van der Waals surface area contributed by atoms with Gasteiger partial charge in [-0.1, -0.05) is 42.0 Å². The Balaban J connectivity index is 1.55. The number of aromatic nitrogens is 1. The number of amides is 1. The van der Waals surface area contributed by atoms with Crippen LogP contribution >= 0.6 is 11.3 Å². The molecule has 0 atom stereocenters. The third-order valence-electron chi connectivity index (χ3n) is 4.33. The molecule has 0 saturated carbocycles. The van der Waals surface area contributed by atoms with Crippen LogP contribution in [0.1, 0.15) is 28.0 Å². The normalized spacial score (nSPS) is 10.6. The molecule has 0 bridgehead atoms. The molecule has 1 heterocycles. The van der Waals surface area contributed by atoms with E-state index in [2.05, 4.69) is 37.0 Å². The van der Waals surface area contributed by atoms with Crippen molar-refractivity contribution in [3.05, 3.63) is 70.7 Å². The number of hydrogen-bond donors (Lipinski definition) is 0. The summed E-state index contributed by atoms with van der Waals surface area (Å²) in [6.07, 6.45) is 0.769. The molecule has 0 saturated heterocycles. The molecule has 0 fully saturated rings. The SMILES string of the molecule is Cc1ccc(-c2nc(C(=O)N(C)CCCOc3ccccc3)cs2)c(C)c1. The van der Waals surface area contributed by atoms with E-state index in [1.54, 1.807) is 11.9 Å². The molecule has 0 spiro atoms. The van der Waals surface area contributed by atoms with E-state index < -0.39 is 0 Å². The van der Waals surface area contributed by atoms with Crippen molar-refractivity contribution in [1.82, 2.24) is 9.88 Å². The van der Waals surface area contributed by atoms with Crippen LogP contribution < -0.4 is 4.74 Å². The lowest BCUT2D eigenvalue weighted by Crippen LogP contribution is -2.28. The summed E-state index contributed by atoms with van der Waals surface area (Å²) < 4.78 is 5.68. The molecule has 140 valence electrons. The van der Waals surface area contributed by atoms with Gasteiger partial charge in [-0.3, -0.25) is 4.79 Å². The molecule has 3 rings (SSSR count). The second kappa shape index (κ2) is 8.82. The van der Waals surface area contributed by atoms with Crippen LogP contribution in [-0.4, -0.2) is 36.0 Å². The minimum absolute atomic E-state index is 0.0537. The highest BCUT2D eigenvalue weighted by Gasteiger charge is 2.16. The number of benzene rings is 2. The van der Waals surface area contributed by atoms with Crippen molar-refractivity contribution in [2.75, 3.05) is 20.2 Å². The van der Waals surface area contributed by atoms with Crippen molar-refractivity contribution in [2.45, 2.75) is 20.3 Å². The van der Waals surface area contributed by atoms with Crippen molar-refractivity contribution in [3.63, 3.8) is 0 Å². The lowest BCUT2D eigenvalue weighted by molar-refractivity contribution is 0.0783. The van der Waals surface area contributed by atoms with Gasteiger partial charge >= 0.3 is 0 Å². The van der Waals surface area contributed by atoms with Gasteiger partial charge in [0.15, 0.2) is 0 Å². The predicted molar refractivity (Wildman–Crippen MR) is 111 cm³/mol. The average molecular weight is 381 g/mol. The Hall–Kier alpha value is -2.66. The van der Waals surface area contributed by atoms with Crippen molar-refractivity contribution in [1.29, 1.82) is 0 Å². The first-order valence-electron chi connectivity index (χ1n) is 9.01. The molecule has 0 aliphatic heterocycles. The highest BCUT2D eigenvalue weighted by atomic mass is 32.1. The zero-order valence-corrected chi connectivity index (χ0v) is 16.8. The molecule has 0 unspecified atom stereocenters. The molecule has 3 aromatic rings. The van der Waals surface area contributed by atoms with Gasteiger partial charge in [-0.05, 0) is 38.0 Å². The second-order valence-corrected chi connectivity index (χ2v) is 7.46. The minimum Gasteiger partial charge on any atom is -0.494 e. The molecule has 0 radical (unpaired) electrons. The maximum Gasteiger partial charge on any atom is 0.273 e. The van der Waals surface area contributed by atoms with E-state index in [1.807, 2.05) is 35.7 Å². The van der Waals surface area contributed by atoms with Crippen LogP contribution in [-0.2, 0) is 0 Å². The van der Waals surface area contributed by atoms with Gasteiger partial charge in [0.25, 0.3) is 5.91 Å². The van der Waals surface area contributed by atoms with E-state index in [-0.39, 0.29) is 5.91 Å². The highest BCUT2D eigenvalue weighted by Crippen LogP contribution is 2.27. The Morgan fingerprint density at radius 1 is 1.15 bits per heavy atom. The quantitative estimate of drug-likeness (QED) is 0.544. The minimum atomic E-state index is -0.0537. The monoisotopic (exact) mass is 380 g/mol. The van der Waals surface area contributed by atoms with Gasteiger partial charge in [-0.25, -0.2) is 4.98 Å². The van der Waals surface area contributed by atoms with Gasteiger partial charge in [0.1, 0.15) is 16.5 Å². The van der Waals surface area contributed by atoms with Gasteiger partial charge < -0.3 is 9.64 Å². The van der Waals surface area contributed by atoms with Crippen LogP contribution in [0.25, 0.3) is 10.6 Å². The zero-order chi connectivity index (χ0) is 19.2. The number of carbonyl (C=O) groups is 1. The summed E-state index contributed by atoms with van der Waals surface area (Å²) in [7, 11) is 1.81. The number of para-hydroxylation sites is 1. The van der Waals surface area contributed by atoms with Crippen LogP contribution in [0.5, 0.6) is 5.75 Å². The largest absolute Gasteiger partial charge is 0.494 e. The number of thiazole rings is 1. The first-order valence-corrected chi connectivity index (χ1v) is 9.89. The second-order valence-electron chi connectivity index (χ2n) is 6.60. The van der Waals surface area contributed by atoms with E-state index in [0.29, 0.717) is 18.8 Å². The number of carbonyl (C=O) groups excluding carboxylic acids is 1. The fourth-order valence-corrected chi connectivity index (χ4v) is 3.74. The Labute approximate surface area is 164 Å². The summed E-state index contributed by atoms with van der Waals surface area (Å²) in [6, 6.07) is 16.0. The molecule has 1 aromatic heterocycles. The number of ether oxygens (including phenoxy) is 1.